The van der Waals surface area contributed by atoms with Crippen LogP contribution in [0.2, 0.25) is 0 Å². The SMILES string of the molecule is C.C.C.C.C.C[C@H](CS(=O)(=O)c1ccccc1)[C@H]1CC[C@H]2[C@@H]3CC=C4C[C@@](C)(O)CC[C@]4(C)[C@H]3CC[C@]12C.C[C@H](O)CC([C@@H](C)[C@H]1CC[C@H]2[C@@H]3CC=C4C[C@@](C)(O)CC[C@]4(C)[C@H]3CC[C@]12C)S(=O)(=O)c1ccccc1.C[C@H](O)CC[C@@H](C)[C@H]1CC[C@H]2[C@@H]3CC=C4C[C@@](C)(O)CC[C@]4(C)[C@H]3CC[C@]12C.C[C@H]1CO1.S. The minimum Gasteiger partial charge on any atom is -0.393 e. The second-order valence-corrected chi connectivity index (χ2v) is 44.1. The van der Waals surface area contributed by atoms with Gasteiger partial charge in [-0.15, -0.1) is 0 Å². The molecule has 0 bridgehead atoms. The molecule has 1 saturated heterocycles. The maximum atomic E-state index is 13.9. The van der Waals surface area contributed by atoms with Gasteiger partial charge in [0.1, 0.15) is 0 Å². The lowest BCUT2D eigenvalue weighted by atomic mass is 9.46. The first-order valence-electron chi connectivity index (χ1n) is 41.5. The van der Waals surface area contributed by atoms with Crippen LogP contribution in [0.3, 0.4) is 0 Å². The Labute approximate surface area is 669 Å². The number of allylic oxidation sites excluding steroid dienone is 3. The summed E-state index contributed by atoms with van der Waals surface area (Å²) in [6.45, 7) is 34.6. The standard InChI is InChI=1S/C32H48O4S.C29H42O3S.C26H44O2.C3H6O.5CH4.H2S/c1-21(33)19-29(37(35,36)24-9-7-6-8-10-24)22(2)26-13-14-27-25-12-11-23-20-30(3,34)17-18-31(23,4)28(25)15-16-32(26,27)5;1-20(19-33(31,32)22-8-6-5-7-9-22)24-12-13-25-23-11-10-21-18-27(2,30)16-17-28(21,3)26(23)14-15-29(24,25)4;1-17(6-7-18(2)27)21-10-11-22-20-9-8-19-16-24(3,28)14-15-25(19,4)23(20)12-13-26(21,22)5;1-3-2-4-3;;;;;;/h6-11,21-22,25-29,33-34H,12-20H2,1-5H3;5-10,20,23-26,30H,11-19H2,1-4H3;8,17-18,20-23,27-28H,6-7,9-16H2,1-5H3;3H,2H2,1H3;5*1H4;1H2/t21-,22-,25-,26+,27-,28-,29?,30-,31-,32+;20-,23+,24-,25+,26+,27+,28+,29-;17-,18+,20+,21-,22+,23+,24+,25+,26-;3-;;;;;;/m0110....../s1. The van der Waals surface area contributed by atoms with Crippen molar-refractivity contribution in [1.29, 1.82) is 0 Å². The Bertz CT molecular complexity index is 3580. The van der Waals surface area contributed by atoms with E-state index in [1.807, 2.05) is 52.0 Å². The van der Waals surface area contributed by atoms with E-state index in [1.54, 1.807) is 48.9 Å². The molecule has 1 aliphatic heterocycles. The van der Waals surface area contributed by atoms with Crippen LogP contribution in [0.25, 0.3) is 0 Å². The van der Waals surface area contributed by atoms with Crippen molar-refractivity contribution >= 4 is 33.2 Å². The number of rotatable bonds is 14. The molecule has 5 N–H and O–H groups in total. The van der Waals surface area contributed by atoms with Crippen LogP contribution in [0.5, 0.6) is 0 Å². The summed E-state index contributed by atoms with van der Waals surface area (Å²) in [5, 5.41) is 51.6. The molecule has 2 aromatic rings. The predicted octanol–water partition coefficient (Wildman–Crippen LogP) is 22.8. The average molecular weight is 1560 g/mol. The van der Waals surface area contributed by atoms with Gasteiger partial charge in [-0.3, -0.25) is 0 Å². The molecule has 13 aliphatic rings. The lowest BCUT2D eigenvalue weighted by Crippen LogP contribution is -2.52. The van der Waals surface area contributed by atoms with Gasteiger partial charge in [-0.1, -0.05) is 171 Å². The van der Waals surface area contributed by atoms with E-state index in [2.05, 4.69) is 87.5 Å². The molecule has 0 aromatic heterocycles. The topological polar surface area (TPSA) is 182 Å². The molecule has 10 nitrogen and oxygen atoms in total. The molecule has 0 spiro atoms. The Morgan fingerprint density at radius 2 is 0.769 bits per heavy atom. The Hall–Kier alpha value is -2.33. The van der Waals surface area contributed by atoms with Gasteiger partial charge in [0, 0.05) is 0 Å². The van der Waals surface area contributed by atoms with E-state index in [-0.39, 0.29) is 102 Å². The summed E-state index contributed by atoms with van der Waals surface area (Å²) < 4.78 is 58.7. The van der Waals surface area contributed by atoms with Crippen molar-refractivity contribution in [2.24, 2.45) is 121 Å². The summed E-state index contributed by atoms with van der Waals surface area (Å²) in [6.07, 6.45) is 36.9. The van der Waals surface area contributed by atoms with Gasteiger partial charge in [0.2, 0.25) is 0 Å². The molecule has 28 atom stereocenters. The molecule has 10 fully saturated rings. The number of epoxide rings is 1. The van der Waals surface area contributed by atoms with E-state index in [9.17, 15) is 42.4 Å². The van der Waals surface area contributed by atoms with Crippen molar-refractivity contribution < 1.29 is 47.1 Å². The fraction of sp³-hybridized carbons (Fsp3) is 0.811. The number of fused-ring (bicyclic) bond motifs is 15. The van der Waals surface area contributed by atoms with Gasteiger partial charge < -0.3 is 30.3 Å². The van der Waals surface area contributed by atoms with E-state index < -0.39 is 47.8 Å². The Kier molecular flexibility index (Phi) is 30.8. The van der Waals surface area contributed by atoms with Crippen LogP contribution < -0.4 is 0 Å². The molecule has 108 heavy (non-hydrogen) atoms. The molecule has 15 rings (SSSR count). The van der Waals surface area contributed by atoms with Crippen LogP contribution in [-0.4, -0.2) is 95.1 Å². The number of hydrogen-bond acceptors (Lipinski definition) is 10. The quantitative estimate of drug-likeness (QED) is 0.0902. The second kappa shape index (κ2) is 35.2. The van der Waals surface area contributed by atoms with Crippen molar-refractivity contribution in [3.8, 4) is 0 Å². The summed E-state index contributed by atoms with van der Waals surface area (Å²) in [6, 6.07) is 17.8. The van der Waals surface area contributed by atoms with Crippen LogP contribution in [0.15, 0.2) is 105 Å². The first-order valence-corrected chi connectivity index (χ1v) is 44.7. The smallest absolute Gasteiger partial charge is 0.181 e. The highest BCUT2D eigenvalue weighted by Crippen LogP contribution is 2.72. The summed E-state index contributed by atoms with van der Waals surface area (Å²) in [7, 11) is -6.81. The zero-order valence-electron chi connectivity index (χ0n) is 66.6. The zero-order chi connectivity index (χ0) is 73.8. The summed E-state index contributed by atoms with van der Waals surface area (Å²) in [4.78, 5) is 0.841. The maximum Gasteiger partial charge on any atom is 0.181 e. The second-order valence-electron chi connectivity index (χ2n) is 39.9. The summed E-state index contributed by atoms with van der Waals surface area (Å²) >= 11 is 0. The number of ether oxygens (including phenoxy) is 1. The minimum absolute atomic E-state index is 0. The van der Waals surface area contributed by atoms with E-state index in [4.69, 9.17) is 4.74 Å². The van der Waals surface area contributed by atoms with Crippen LogP contribution in [-0.2, 0) is 24.4 Å². The van der Waals surface area contributed by atoms with Gasteiger partial charge in [0.25, 0.3) is 0 Å². The summed E-state index contributed by atoms with van der Waals surface area (Å²) in [5.41, 5.74) is 4.63. The third-order valence-corrected chi connectivity index (χ3v) is 37.4. The number of hydrogen-bond donors (Lipinski definition) is 5. The fourth-order valence-corrected chi connectivity index (χ4v) is 31.1. The lowest BCUT2D eigenvalue weighted by Gasteiger charge is -2.59. The Balaban J connectivity index is 0.000000242. The van der Waals surface area contributed by atoms with E-state index in [0.29, 0.717) is 74.1 Å². The molecule has 1 unspecified atom stereocenters. The number of benzene rings is 2. The van der Waals surface area contributed by atoms with Crippen LogP contribution >= 0.6 is 13.5 Å². The van der Waals surface area contributed by atoms with E-state index in [1.165, 1.54) is 88.2 Å². The Morgan fingerprint density at radius 3 is 1.11 bits per heavy atom. The highest BCUT2D eigenvalue weighted by molar-refractivity contribution is 7.92. The molecule has 12 aliphatic carbocycles. The van der Waals surface area contributed by atoms with Crippen LogP contribution in [0.4, 0.5) is 0 Å². The third kappa shape index (κ3) is 18.3. The van der Waals surface area contributed by atoms with Crippen LogP contribution in [0, 0.1) is 121 Å². The van der Waals surface area contributed by atoms with Crippen molar-refractivity contribution in [2.45, 2.75) is 365 Å². The molecular formula is C95H162O10S3. The zero-order valence-corrected chi connectivity index (χ0v) is 69.2. The predicted molar refractivity (Wildman–Crippen MR) is 458 cm³/mol. The molecule has 0 amide bonds. The van der Waals surface area contributed by atoms with Gasteiger partial charge in [-0.2, -0.15) is 13.5 Å². The largest absolute Gasteiger partial charge is 0.393 e. The molecule has 1 heterocycles. The number of aliphatic hydroxyl groups is 5. The van der Waals surface area contributed by atoms with Gasteiger partial charge in [-0.25, -0.2) is 16.8 Å². The van der Waals surface area contributed by atoms with Crippen molar-refractivity contribution in [3.63, 3.8) is 0 Å². The fourth-order valence-electron chi connectivity index (χ4n) is 27.3. The van der Waals surface area contributed by atoms with Crippen molar-refractivity contribution in [3.05, 3.63) is 95.6 Å². The Morgan fingerprint density at radius 1 is 0.435 bits per heavy atom. The molecule has 13 heteroatoms. The van der Waals surface area contributed by atoms with E-state index >= 15 is 0 Å². The van der Waals surface area contributed by atoms with Gasteiger partial charge in [0.05, 0.1) is 62.5 Å². The summed E-state index contributed by atoms with van der Waals surface area (Å²) in [5.74, 6) is 9.41. The lowest BCUT2D eigenvalue weighted by molar-refractivity contribution is -0.0708. The normalized spacial score (nSPS) is 42.3. The minimum atomic E-state index is -3.55. The van der Waals surface area contributed by atoms with Crippen molar-refractivity contribution in [2.75, 3.05) is 12.4 Å². The molecule has 9 saturated carbocycles. The highest BCUT2D eigenvalue weighted by Gasteiger charge is 2.64. The van der Waals surface area contributed by atoms with Crippen LogP contribution in [0.1, 0.15) is 314 Å². The third-order valence-electron chi connectivity index (χ3n) is 33.1. The molecular weight excluding hydrogens is 1400 g/mol. The van der Waals surface area contributed by atoms with Gasteiger partial charge in [-0.05, 0) is 360 Å². The molecule has 0 radical (unpaired) electrons. The van der Waals surface area contributed by atoms with Crippen molar-refractivity contribution in [1.82, 2.24) is 0 Å². The number of aliphatic hydroxyl groups excluding tert-OH is 2. The molecule has 2 aromatic carbocycles. The maximum absolute atomic E-state index is 13.9. The van der Waals surface area contributed by atoms with E-state index in [0.717, 1.165) is 126 Å². The highest BCUT2D eigenvalue weighted by atomic mass is 32.2. The van der Waals surface area contributed by atoms with Gasteiger partial charge >= 0.3 is 0 Å². The molecule has 620 valence electrons. The first kappa shape index (κ1) is 94.5. The monoisotopic (exact) mass is 1560 g/mol. The van der Waals surface area contributed by atoms with Gasteiger partial charge in [0.15, 0.2) is 19.7 Å². The first-order chi connectivity index (χ1) is 47.7. The average Bonchev–Trinajstić information content (AvgIpc) is 1.44. The number of sulfone groups is 2.